The Kier molecular flexibility index (Phi) is 6.36. The van der Waals surface area contributed by atoms with Gasteiger partial charge in [0.1, 0.15) is 17.4 Å². The molecule has 0 unspecified atom stereocenters. The normalized spacial score (nSPS) is 18.2. The highest BCUT2D eigenvalue weighted by Gasteiger charge is 2.27. The molecule has 2 aliphatic rings. The lowest BCUT2D eigenvalue weighted by atomic mass is 9.87. The number of aromatic hydroxyl groups is 1. The SMILES string of the molecule is Cc1nc2n(c(=O)c1CCN1CCC(/C(=N\O)c3ccc(F)cc3O)CC1)CCCC2. The van der Waals surface area contributed by atoms with Crippen LogP contribution in [0.25, 0.3) is 0 Å². The molecule has 0 bridgehead atoms. The maximum atomic E-state index is 13.3. The maximum Gasteiger partial charge on any atom is 0.256 e. The minimum atomic E-state index is -0.531. The van der Waals surface area contributed by atoms with Gasteiger partial charge in [0.15, 0.2) is 0 Å². The second-order valence-electron chi connectivity index (χ2n) is 8.52. The number of aryl methyl sites for hydroxylation is 2. The van der Waals surface area contributed by atoms with Crippen molar-refractivity contribution in [2.45, 2.75) is 52.0 Å². The van der Waals surface area contributed by atoms with E-state index in [9.17, 15) is 19.5 Å². The molecule has 0 spiro atoms. The standard InChI is InChI=1S/C23H29FN4O3/c1-15-18(23(30)28-10-3-2-4-21(28)25-15)9-13-27-11-7-16(8-12-27)22(26-31)19-6-5-17(24)14-20(19)29/h5-6,14,16,29,31H,2-4,7-13H2,1H3/b26-22+. The molecule has 4 rings (SSSR count). The number of halogens is 1. The Bertz CT molecular complexity index is 1040. The summed E-state index contributed by atoms with van der Waals surface area (Å²) in [5, 5.41) is 23.0. The van der Waals surface area contributed by atoms with Crippen molar-refractivity contribution in [3.63, 3.8) is 0 Å². The van der Waals surface area contributed by atoms with Crippen LogP contribution in [0, 0.1) is 18.7 Å². The van der Waals surface area contributed by atoms with E-state index in [0.717, 1.165) is 81.4 Å². The van der Waals surface area contributed by atoms with E-state index in [-0.39, 0.29) is 17.2 Å². The van der Waals surface area contributed by atoms with Crippen molar-refractivity contribution in [1.82, 2.24) is 14.5 Å². The molecule has 3 heterocycles. The first-order valence-corrected chi connectivity index (χ1v) is 11.0. The second-order valence-corrected chi connectivity index (χ2v) is 8.52. The first-order valence-electron chi connectivity index (χ1n) is 11.0. The number of rotatable bonds is 5. The summed E-state index contributed by atoms with van der Waals surface area (Å²) >= 11 is 0. The minimum absolute atomic E-state index is 0.0182. The van der Waals surface area contributed by atoms with Gasteiger partial charge >= 0.3 is 0 Å². The summed E-state index contributed by atoms with van der Waals surface area (Å²) < 4.78 is 15.1. The topological polar surface area (TPSA) is 91.0 Å². The molecule has 0 amide bonds. The number of oxime groups is 1. The average molecular weight is 429 g/mol. The maximum absolute atomic E-state index is 13.3. The van der Waals surface area contributed by atoms with Crippen LogP contribution in [-0.2, 0) is 19.4 Å². The molecule has 31 heavy (non-hydrogen) atoms. The largest absolute Gasteiger partial charge is 0.507 e. The van der Waals surface area contributed by atoms with Gasteiger partial charge in [-0.05, 0) is 64.3 Å². The number of hydrogen-bond donors (Lipinski definition) is 2. The molecule has 166 valence electrons. The van der Waals surface area contributed by atoms with Crippen LogP contribution in [0.4, 0.5) is 4.39 Å². The fraction of sp³-hybridized carbons (Fsp3) is 0.522. The molecule has 2 aliphatic heterocycles. The summed E-state index contributed by atoms with van der Waals surface area (Å²) in [6, 6.07) is 3.73. The van der Waals surface area contributed by atoms with Crippen molar-refractivity contribution in [2.24, 2.45) is 11.1 Å². The van der Waals surface area contributed by atoms with Crippen LogP contribution in [0.5, 0.6) is 5.75 Å². The molecule has 0 atom stereocenters. The van der Waals surface area contributed by atoms with Crippen molar-refractivity contribution in [1.29, 1.82) is 0 Å². The third-order valence-corrected chi connectivity index (χ3v) is 6.58. The molecule has 0 aliphatic carbocycles. The molecule has 1 fully saturated rings. The first kappa shape index (κ1) is 21.5. The average Bonchev–Trinajstić information content (AvgIpc) is 2.76. The fourth-order valence-corrected chi connectivity index (χ4v) is 4.80. The van der Waals surface area contributed by atoms with Gasteiger partial charge in [-0.3, -0.25) is 9.36 Å². The van der Waals surface area contributed by atoms with Crippen LogP contribution < -0.4 is 5.56 Å². The van der Waals surface area contributed by atoms with E-state index in [1.54, 1.807) is 0 Å². The molecule has 0 radical (unpaired) electrons. The van der Waals surface area contributed by atoms with E-state index < -0.39 is 5.82 Å². The fourth-order valence-electron chi connectivity index (χ4n) is 4.80. The number of phenols is 1. The number of benzene rings is 1. The summed E-state index contributed by atoms with van der Waals surface area (Å²) in [5.41, 5.74) is 2.52. The Hall–Kier alpha value is -2.74. The lowest BCUT2D eigenvalue weighted by molar-refractivity contribution is 0.208. The molecule has 8 heteroatoms. The van der Waals surface area contributed by atoms with Crippen molar-refractivity contribution in [3.8, 4) is 5.75 Å². The quantitative estimate of drug-likeness (QED) is 0.434. The third kappa shape index (κ3) is 4.49. The highest BCUT2D eigenvalue weighted by Crippen LogP contribution is 2.28. The Labute approximate surface area is 180 Å². The molecule has 0 saturated carbocycles. The van der Waals surface area contributed by atoms with Crippen LogP contribution >= 0.6 is 0 Å². The highest BCUT2D eigenvalue weighted by molar-refractivity contribution is 6.04. The van der Waals surface area contributed by atoms with Crippen LogP contribution in [-0.4, -0.2) is 50.1 Å². The molecular formula is C23H29FN4O3. The Morgan fingerprint density at radius 3 is 2.74 bits per heavy atom. The van der Waals surface area contributed by atoms with E-state index >= 15 is 0 Å². The van der Waals surface area contributed by atoms with Gasteiger partial charge in [0.25, 0.3) is 5.56 Å². The second kappa shape index (κ2) is 9.18. The number of fused-ring (bicyclic) bond motifs is 1. The predicted octanol–water partition coefficient (Wildman–Crippen LogP) is 2.87. The zero-order chi connectivity index (χ0) is 22.0. The summed E-state index contributed by atoms with van der Waals surface area (Å²) in [6.45, 7) is 5.06. The van der Waals surface area contributed by atoms with Gasteiger partial charge in [-0.1, -0.05) is 5.16 Å². The van der Waals surface area contributed by atoms with E-state index in [1.807, 2.05) is 11.5 Å². The third-order valence-electron chi connectivity index (χ3n) is 6.58. The summed E-state index contributed by atoms with van der Waals surface area (Å²) in [7, 11) is 0. The van der Waals surface area contributed by atoms with Crippen LogP contribution in [0.15, 0.2) is 28.1 Å². The molecule has 2 aromatic rings. The highest BCUT2D eigenvalue weighted by atomic mass is 19.1. The van der Waals surface area contributed by atoms with Crippen LogP contribution in [0.3, 0.4) is 0 Å². The van der Waals surface area contributed by atoms with Gasteiger partial charge in [-0.15, -0.1) is 0 Å². The Balaban J connectivity index is 1.38. The molecule has 2 N–H and O–H groups in total. The number of piperidine rings is 1. The molecular weight excluding hydrogens is 399 g/mol. The molecule has 1 aromatic carbocycles. The Morgan fingerprint density at radius 1 is 1.26 bits per heavy atom. The van der Waals surface area contributed by atoms with Gasteiger partial charge in [-0.2, -0.15) is 0 Å². The monoisotopic (exact) mass is 428 g/mol. The lowest BCUT2D eigenvalue weighted by Crippen LogP contribution is -2.39. The molecule has 1 saturated heterocycles. The number of hydrogen-bond acceptors (Lipinski definition) is 6. The van der Waals surface area contributed by atoms with Crippen molar-refractivity contribution in [3.05, 3.63) is 57.0 Å². The smallest absolute Gasteiger partial charge is 0.256 e. The zero-order valence-corrected chi connectivity index (χ0v) is 17.8. The number of likely N-dealkylation sites (tertiary alicyclic amines) is 1. The lowest BCUT2D eigenvalue weighted by Gasteiger charge is -2.32. The van der Waals surface area contributed by atoms with Crippen LogP contribution in [0.1, 0.15) is 48.3 Å². The van der Waals surface area contributed by atoms with Gasteiger partial charge < -0.3 is 15.2 Å². The van der Waals surface area contributed by atoms with Gasteiger partial charge in [0.2, 0.25) is 0 Å². The summed E-state index contributed by atoms with van der Waals surface area (Å²) in [6.07, 6.45) is 5.19. The van der Waals surface area contributed by atoms with Gasteiger partial charge in [-0.25, -0.2) is 9.37 Å². The van der Waals surface area contributed by atoms with E-state index in [2.05, 4.69) is 15.0 Å². The number of nitrogens with zero attached hydrogens (tertiary/aromatic N) is 4. The summed E-state index contributed by atoms with van der Waals surface area (Å²) in [5.74, 6) is 0.149. The van der Waals surface area contributed by atoms with Gasteiger partial charge in [0.05, 0.1) is 5.71 Å². The van der Waals surface area contributed by atoms with E-state index in [4.69, 9.17) is 0 Å². The van der Waals surface area contributed by atoms with Crippen molar-refractivity contribution >= 4 is 5.71 Å². The number of phenolic OH excluding ortho intramolecular Hbond substituents is 1. The van der Waals surface area contributed by atoms with Gasteiger partial charge in [0, 0.05) is 48.3 Å². The number of aromatic nitrogens is 2. The molecule has 1 aromatic heterocycles. The predicted molar refractivity (Wildman–Crippen MR) is 115 cm³/mol. The Morgan fingerprint density at radius 2 is 2.03 bits per heavy atom. The first-order chi connectivity index (χ1) is 15.0. The van der Waals surface area contributed by atoms with E-state index in [1.165, 1.54) is 12.1 Å². The molecule has 7 nitrogen and oxygen atoms in total. The van der Waals surface area contributed by atoms with E-state index in [0.29, 0.717) is 17.7 Å². The zero-order valence-electron chi connectivity index (χ0n) is 17.8. The van der Waals surface area contributed by atoms with Crippen molar-refractivity contribution < 1.29 is 14.7 Å². The van der Waals surface area contributed by atoms with Crippen LogP contribution in [0.2, 0.25) is 0 Å². The van der Waals surface area contributed by atoms with Crippen molar-refractivity contribution in [2.75, 3.05) is 19.6 Å². The summed E-state index contributed by atoms with van der Waals surface area (Å²) in [4.78, 5) is 19.9. The minimum Gasteiger partial charge on any atom is -0.507 e.